The number of aliphatic imine (C=N–C) groups is 1. The van der Waals surface area contributed by atoms with Gasteiger partial charge in [0.2, 0.25) is 0 Å². The Morgan fingerprint density at radius 1 is 1.43 bits per heavy atom. The summed E-state index contributed by atoms with van der Waals surface area (Å²) in [5.74, 6) is 1.31. The lowest BCUT2D eigenvalue weighted by Crippen LogP contribution is -2.47. The molecular formula is C15H20N4O3S. The second kappa shape index (κ2) is 7.77. The fraction of sp³-hybridized carbons (Fsp3) is 0.333. The van der Waals surface area contributed by atoms with Gasteiger partial charge in [0.05, 0.1) is 17.8 Å². The smallest absolute Gasteiger partial charge is 0.399 e. The van der Waals surface area contributed by atoms with Crippen molar-refractivity contribution < 1.29 is 9.94 Å². The van der Waals surface area contributed by atoms with E-state index in [0.717, 1.165) is 11.3 Å². The first-order chi connectivity index (χ1) is 11.1. The molecule has 0 bridgehead atoms. The molecule has 2 rings (SSSR count). The maximum Gasteiger partial charge on any atom is 0.399 e. The van der Waals surface area contributed by atoms with Gasteiger partial charge < -0.3 is 9.94 Å². The zero-order chi connectivity index (χ0) is 16.8. The molecule has 0 amide bonds. The van der Waals surface area contributed by atoms with Crippen LogP contribution in [0.1, 0.15) is 19.4 Å². The highest BCUT2D eigenvalue weighted by Gasteiger charge is 2.19. The number of ether oxygens (including phenoxy) is 1. The molecule has 0 aliphatic rings. The lowest BCUT2D eigenvalue weighted by molar-refractivity contribution is 0.0353. The first kappa shape index (κ1) is 17.0. The van der Waals surface area contributed by atoms with Crippen LogP contribution in [0.2, 0.25) is 0 Å². The van der Waals surface area contributed by atoms with Crippen molar-refractivity contribution in [3.8, 4) is 11.4 Å². The van der Waals surface area contributed by atoms with Crippen LogP contribution in [0.5, 0.6) is 5.75 Å². The van der Waals surface area contributed by atoms with Crippen LogP contribution in [0.3, 0.4) is 0 Å². The van der Waals surface area contributed by atoms with Gasteiger partial charge in [0.15, 0.2) is 0 Å². The molecule has 2 aromatic rings. The summed E-state index contributed by atoms with van der Waals surface area (Å²) in [5.41, 5.74) is 2.79. The number of hydrogen-bond donors (Lipinski definition) is 1. The summed E-state index contributed by atoms with van der Waals surface area (Å²) in [6.07, 6.45) is 3.55. The first-order valence-electron chi connectivity index (χ1n) is 7.17. The van der Waals surface area contributed by atoms with Gasteiger partial charge in [-0.15, -0.1) is 11.8 Å². The summed E-state index contributed by atoms with van der Waals surface area (Å²) >= 11 is 1.50. The van der Waals surface area contributed by atoms with E-state index in [1.165, 1.54) is 21.2 Å². The fourth-order valence-corrected chi connectivity index (χ4v) is 2.80. The number of thioether (sulfide) groups is 1. The lowest BCUT2D eigenvalue weighted by Gasteiger charge is -2.22. The van der Waals surface area contributed by atoms with Gasteiger partial charge in [-0.1, -0.05) is 12.1 Å². The minimum Gasteiger partial charge on any atom is -0.493 e. The Morgan fingerprint density at radius 3 is 2.87 bits per heavy atom. The number of hydrogen-bond acceptors (Lipinski definition) is 5. The van der Waals surface area contributed by atoms with Crippen LogP contribution >= 0.6 is 11.8 Å². The summed E-state index contributed by atoms with van der Waals surface area (Å²) in [6, 6.07) is 5.51. The van der Waals surface area contributed by atoms with Crippen LogP contribution in [0, 0.1) is 0 Å². The van der Waals surface area contributed by atoms with Crippen molar-refractivity contribution in [1.29, 1.82) is 0 Å². The van der Waals surface area contributed by atoms with E-state index in [1.807, 2.05) is 38.1 Å². The third-order valence-corrected chi connectivity index (χ3v) is 3.88. The number of aromatic nitrogens is 3. The van der Waals surface area contributed by atoms with Crippen LogP contribution in [0.4, 0.5) is 0 Å². The Hall–Kier alpha value is -2.35. The quantitative estimate of drug-likeness (QED) is 0.479. The molecule has 0 saturated heterocycles. The van der Waals surface area contributed by atoms with Crippen LogP contribution < -0.4 is 10.4 Å². The normalized spacial score (nSPS) is 11.8. The average molecular weight is 336 g/mol. The van der Waals surface area contributed by atoms with Gasteiger partial charge in [0, 0.05) is 24.6 Å². The summed E-state index contributed by atoms with van der Waals surface area (Å²) < 4.78 is 7.06. The zero-order valence-corrected chi connectivity index (χ0v) is 14.2. The van der Waals surface area contributed by atoms with Crippen molar-refractivity contribution in [3.63, 3.8) is 0 Å². The Bertz CT molecular complexity index is 770. The summed E-state index contributed by atoms with van der Waals surface area (Å²) in [6.45, 7) is 4.34. The van der Waals surface area contributed by atoms with Crippen molar-refractivity contribution in [2.75, 3.05) is 6.61 Å². The van der Waals surface area contributed by atoms with Gasteiger partial charge in [-0.2, -0.15) is 9.48 Å². The van der Waals surface area contributed by atoms with E-state index in [0.29, 0.717) is 22.9 Å². The van der Waals surface area contributed by atoms with E-state index in [1.54, 1.807) is 18.8 Å². The molecule has 1 N–H and O–H groups in total. The van der Waals surface area contributed by atoms with E-state index in [2.05, 4.69) is 4.99 Å². The molecule has 0 aliphatic carbocycles. The molecule has 0 aliphatic heterocycles. The van der Waals surface area contributed by atoms with Gasteiger partial charge in [-0.25, -0.2) is 4.79 Å². The van der Waals surface area contributed by atoms with Crippen LogP contribution in [-0.4, -0.2) is 31.7 Å². The van der Waals surface area contributed by atoms with E-state index < -0.39 is 5.69 Å². The van der Waals surface area contributed by atoms with Crippen LogP contribution in [-0.2, 0) is 12.8 Å². The predicted octanol–water partition coefficient (Wildman–Crippen LogP) is 2.41. The highest BCUT2D eigenvalue weighted by molar-refractivity contribution is 8.11. The zero-order valence-electron chi connectivity index (χ0n) is 13.3. The third kappa shape index (κ3) is 3.53. The van der Waals surface area contributed by atoms with E-state index >= 15 is 0 Å². The largest absolute Gasteiger partial charge is 0.493 e. The number of allylic oxidation sites excluding steroid dienone is 1. The highest BCUT2D eigenvalue weighted by atomic mass is 32.2. The van der Waals surface area contributed by atoms with E-state index in [-0.39, 0.29) is 0 Å². The van der Waals surface area contributed by atoms with Gasteiger partial charge in [0.1, 0.15) is 5.75 Å². The fourth-order valence-electron chi connectivity index (χ4n) is 2.11. The maximum absolute atomic E-state index is 11.9. The molecule has 0 spiro atoms. The Morgan fingerprint density at radius 2 is 2.22 bits per heavy atom. The summed E-state index contributed by atoms with van der Waals surface area (Å²) in [7, 11) is 1.60. The average Bonchev–Trinajstić information content (AvgIpc) is 2.56. The Kier molecular flexibility index (Phi) is 5.75. The Balaban J connectivity index is 2.38. The second-order valence-corrected chi connectivity index (χ2v) is 5.44. The van der Waals surface area contributed by atoms with Crippen molar-refractivity contribution in [3.05, 3.63) is 46.5 Å². The van der Waals surface area contributed by atoms with Crippen molar-refractivity contribution in [1.82, 2.24) is 14.3 Å². The molecule has 7 nitrogen and oxygen atoms in total. The lowest BCUT2D eigenvalue weighted by atomic mass is 10.2. The molecule has 1 aromatic heterocycles. The SMILES string of the molecule is C/C=C\N=CSCc1c(OCC)cccc1-n1c(=O)n(O)n1C. The van der Waals surface area contributed by atoms with Crippen LogP contribution in [0.15, 0.2) is 40.3 Å². The second-order valence-electron chi connectivity index (χ2n) is 4.61. The number of nitrogens with zero attached hydrogens (tertiary/aromatic N) is 4. The minimum atomic E-state index is -0.505. The van der Waals surface area contributed by atoms with Crippen molar-refractivity contribution in [2.45, 2.75) is 19.6 Å². The molecule has 1 aromatic carbocycles. The number of rotatable bonds is 7. The summed E-state index contributed by atoms with van der Waals surface area (Å²) in [4.78, 5) is 17.9. The highest BCUT2D eigenvalue weighted by Crippen LogP contribution is 2.28. The van der Waals surface area contributed by atoms with E-state index in [9.17, 15) is 10.0 Å². The first-order valence-corrected chi connectivity index (χ1v) is 8.22. The topological polar surface area (TPSA) is 73.7 Å². The maximum atomic E-state index is 11.9. The van der Waals surface area contributed by atoms with Gasteiger partial charge in [-0.05, 0) is 30.8 Å². The molecule has 124 valence electrons. The molecular weight excluding hydrogens is 316 g/mol. The molecule has 0 radical (unpaired) electrons. The molecule has 8 heteroatoms. The third-order valence-electron chi connectivity index (χ3n) is 3.15. The Labute approximate surface area is 138 Å². The summed E-state index contributed by atoms with van der Waals surface area (Å²) in [5, 5.41) is 9.46. The van der Waals surface area contributed by atoms with E-state index in [4.69, 9.17) is 4.74 Å². The molecule has 0 atom stereocenters. The molecule has 1 heterocycles. The predicted molar refractivity (Wildman–Crippen MR) is 92.0 cm³/mol. The molecule has 0 unspecified atom stereocenters. The monoisotopic (exact) mass is 336 g/mol. The molecule has 0 fully saturated rings. The van der Waals surface area contributed by atoms with Gasteiger partial charge >= 0.3 is 5.69 Å². The molecule has 23 heavy (non-hydrogen) atoms. The van der Waals surface area contributed by atoms with Gasteiger partial charge in [-0.3, -0.25) is 4.99 Å². The number of benzene rings is 1. The van der Waals surface area contributed by atoms with Crippen LogP contribution in [0.25, 0.3) is 5.69 Å². The van der Waals surface area contributed by atoms with Crippen molar-refractivity contribution >= 4 is 17.3 Å². The van der Waals surface area contributed by atoms with Gasteiger partial charge in [0.25, 0.3) is 0 Å². The molecule has 0 saturated carbocycles. The standard InChI is InChI=1S/C15H20N4O3S/c1-4-9-16-11-23-10-12-13(7-6-8-14(12)22-5-2)18-15(20)19(21)17(18)3/h4,6-9,11,21H,5,10H2,1-3H3/b9-4-,16-11?. The minimum absolute atomic E-state index is 0.505. The van der Waals surface area contributed by atoms with Crippen molar-refractivity contribution in [2.24, 2.45) is 12.0 Å².